The van der Waals surface area contributed by atoms with Gasteiger partial charge < -0.3 is 19.0 Å². The first kappa shape index (κ1) is 19.8. The Balaban J connectivity index is 1.24. The molecule has 0 radical (unpaired) electrons. The smallest absolute Gasteiger partial charge is 0.276 e. The highest BCUT2D eigenvalue weighted by molar-refractivity contribution is 6.30. The first-order chi connectivity index (χ1) is 15.1. The number of piperazine rings is 1. The van der Waals surface area contributed by atoms with Gasteiger partial charge in [-0.3, -0.25) is 9.59 Å². The summed E-state index contributed by atoms with van der Waals surface area (Å²) in [7, 11) is 0. The molecule has 9 nitrogen and oxygen atoms in total. The zero-order valence-corrected chi connectivity index (χ0v) is 17.4. The average molecular weight is 442 g/mol. The van der Waals surface area contributed by atoms with Crippen LogP contribution in [0.25, 0.3) is 0 Å². The zero-order valence-electron chi connectivity index (χ0n) is 16.6. The van der Waals surface area contributed by atoms with E-state index in [0.29, 0.717) is 54.7 Å². The standard InChI is InChI=1S/C21H20ClN5O4/c22-16-3-1-14(2-4-16)18-11-27-17(13-31-18)19(23-24-27)21(29)26-8-6-25(7-9-26)20(28)15-5-10-30-12-15/h1-5,10,12,18H,6-9,11,13H2/t18-/m0/s1. The van der Waals surface area contributed by atoms with Crippen molar-refractivity contribution >= 4 is 23.4 Å². The first-order valence-corrected chi connectivity index (χ1v) is 10.4. The molecule has 2 amide bonds. The van der Waals surface area contributed by atoms with E-state index in [2.05, 4.69) is 10.3 Å². The number of hydrogen-bond acceptors (Lipinski definition) is 6. The van der Waals surface area contributed by atoms with Gasteiger partial charge in [0.15, 0.2) is 5.69 Å². The predicted molar refractivity (Wildman–Crippen MR) is 110 cm³/mol. The average Bonchev–Trinajstić information content (AvgIpc) is 3.49. The molecule has 2 aliphatic rings. The summed E-state index contributed by atoms with van der Waals surface area (Å²) >= 11 is 5.96. The predicted octanol–water partition coefficient (Wildman–Crippen LogP) is 2.39. The van der Waals surface area contributed by atoms with Crippen molar-refractivity contribution in [1.29, 1.82) is 0 Å². The maximum atomic E-state index is 13.0. The third kappa shape index (κ3) is 3.82. The quantitative estimate of drug-likeness (QED) is 0.619. The number of carbonyl (C=O) groups excluding carboxylic acids is 2. The molecule has 10 heteroatoms. The molecule has 1 fully saturated rings. The zero-order chi connectivity index (χ0) is 21.4. The molecule has 1 aromatic carbocycles. The van der Waals surface area contributed by atoms with Crippen LogP contribution < -0.4 is 0 Å². The monoisotopic (exact) mass is 441 g/mol. The summed E-state index contributed by atoms with van der Waals surface area (Å²) in [6.07, 6.45) is 2.73. The number of benzene rings is 1. The molecule has 0 saturated carbocycles. The van der Waals surface area contributed by atoms with Gasteiger partial charge in [-0.1, -0.05) is 28.9 Å². The van der Waals surface area contributed by atoms with Gasteiger partial charge >= 0.3 is 0 Å². The van der Waals surface area contributed by atoms with Crippen LogP contribution in [0.15, 0.2) is 47.3 Å². The normalized spacial score (nSPS) is 18.7. The molecular weight excluding hydrogens is 422 g/mol. The molecule has 2 aliphatic heterocycles. The Kier molecular flexibility index (Phi) is 5.21. The third-order valence-electron chi connectivity index (χ3n) is 5.66. The highest BCUT2D eigenvalue weighted by Gasteiger charge is 2.32. The van der Waals surface area contributed by atoms with Gasteiger partial charge in [0.1, 0.15) is 12.4 Å². The molecule has 5 rings (SSSR count). The number of aromatic nitrogens is 3. The minimum absolute atomic E-state index is 0.0940. The van der Waals surface area contributed by atoms with Gasteiger partial charge in [-0.15, -0.1) is 5.10 Å². The molecular formula is C21H20ClN5O4. The largest absolute Gasteiger partial charge is 0.472 e. The van der Waals surface area contributed by atoms with Crippen LogP contribution in [-0.4, -0.2) is 62.8 Å². The molecule has 160 valence electrons. The van der Waals surface area contributed by atoms with Crippen molar-refractivity contribution in [2.24, 2.45) is 0 Å². The summed E-state index contributed by atoms with van der Waals surface area (Å²) in [6.45, 7) is 2.50. The van der Waals surface area contributed by atoms with Gasteiger partial charge in [0.25, 0.3) is 11.8 Å². The van der Waals surface area contributed by atoms with Crippen LogP contribution in [-0.2, 0) is 17.9 Å². The van der Waals surface area contributed by atoms with E-state index < -0.39 is 0 Å². The fourth-order valence-electron chi connectivity index (χ4n) is 3.89. The van der Waals surface area contributed by atoms with E-state index in [0.717, 1.165) is 5.56 Å². The molecule has 0 spiro atoms. The van der Waals surface area contributed by atoms with E-state index in [9.17, 15) is 9.59 Å². The van der Waals surface area contributed by atoms with Crippen LogP contribution in [0.2, 0.25) is 5.02 Å². The van der Waals surface area contributed by atoms with Crippen LogP contribution in [0.3, 0.4) is 0 Å². The number of halogens is 1. The van der Waals surface area contributed by atoms with E-state index >= 15 is 0 Å². The lowest BCUT2D eigenvalue weighted by Gasteiger charge is -2.34. The van der Waals surface area contributed by atoms with E-state index in [-0.39, 0.29) is 24.5 Å². The van der Waals surface area contributed by atoms with E-state index in [4.69, 9.17) is 20.8 Å². The van der Waals surface area contributed by atoms with Crippen LogP contribution in [0.1, 0.15) is 38.2 Å². The number of carbonyl (C=O) groups is 2. The third-order valence-corrected chi connectivity index (χ3v) is 5.92. The Morgan fingerprint density at radius 2 is 1.71 bits per heavy atom. The Hall–Kier alpha value is -3.17. The Labute approximate surface area is 183 Å². The molecule has 1 atom stereocenters. The number of furan rings is 1. The number of ether oxygens (including phenoxy) is 1. The summed E-state index contributed by atoms with van der Waals surface area (Å²) in [5, 5.41) is 8.99. The molecule has 0 unspecified atom stereocenters. The summed E-state index contributed by atoms with van der Waals surface area (Å²) in [5.74, 6) is -0.284. The Bertz CT molecular complexity index is 1090. The first-order valence-electron chi connectivity index (χ1n) is 10.0. The molecule has 0 N–H and O–H groups in total. The van der Waals surface area contributed by atoms with E-state index in [1.165, 1.54) is 12.5 Å². The van der Waals surface area contributed by atoms with E-state index in [1.807, 2.05) is 24.3 Å². The van der Waals surface area contributed by atoms with Crippen molar-refractivity contribution in [2.75, 3.05) is 26.2 Å². The lowest BCUT2D eigenvalue weighted by Crippen LogP contribution is -2.50. The SMILES string of the molecule is O=C(c1ccoc1)N1CCN(C(=O)c2nnn3c2CO[C@H](c2ccc(Cl)cc2)C3)CC1. The van der Waals surface area contributed by atoms with Crippen LogP contribution in [0, 0.1) is 0 Å². The van der Waals surface area contributed by atoms with Crippen molar-refractivity contribution in [1.82, 2.24) is 24.8 Å². The number of rotatable bonds is 3. The van der Waals surface area contributed by atoms with Gasteiger partial charge in [-0.2, -0.15) is 0 Å². The summed E-state index contributed by atoms with van der Waals surface area (Å²) < 4.78 is 12.7. The maximum absolute atomic E-state index is 13.0. The Morgan fingerprint density at radius 3 is 2.39 bits per heavy atom. The van der Waals surface area contributed by atoms with Crippen molar-refractivity contribution in [3.8, 4) is 0 Å². The van der Waals surface area contributed by atoms with Gasteiger partial charge in [0, 0.05) is 31.2 Å². The summed E-state index contributed by atoms with van der Waals surface area (Å²) in [5.41, 5.74) is 2.49. The molecule has 2 aromatic heterocycles. The molecule has 0 aliphatic carbocycles. The van der Waals surface area contributed by atoms with Gasteiger partial charge in [0.05, 0.1) is 30.7 Å². The van der Waals surface area contributed by atoms with Crippen molar-refractivity contribution in [2.45, 2.75) is 19.3 Å². The fourth-order valence-corrected chi connectivity index (χ4v) is 4.01. The van der Waals surface area contributed by atoms with Crippen molar-refractivity contribution < 1.29 is 18.7 Å². The summed E-state index contributed by atoms with van der Waals surface area (Å²) in [6, 6.07) is 9.13. The number of amides is 2. The molecule has 31 heavy (non-hydrogen) atoms. The lowest BCUT2D eigenvalue weighted by molar-refractivity contribution is -0.00202. The highest BCUT2D eigenvalue weighted by Crippen LogP contribution is 2.28. The van der Waals surface area contributed by atoms with Crippen molar-refractivity contribution in [3.05, 3.63) is 70.4 Å². The molecule has 4 heterocycles. The van der Waals surface area contributed by atoms with Crippen molar-refractivity contribution in [3.63, 3.8) is 0 Å². The number of fused-ring (bicyclic) bond motifs is 1. The van der Waals surface area contributed by atoms with Crippen LogP contribution in [0.5, 0.6) is 0 Å². The second-order valence-electron chi connectivity index (χ2n) is 7.51. The molecule has 0 bridgehead atoms. The number of hydrogen-bond donors (Lipinski definition) is 0. The number of nitrogens with zero attached hydrogens (tertiary/aromatic N) is 5. The Morgan fingerprint density at radius 1 is 1.00 bits per heavy atom. The van der Waals surface area contributed by atoms with Gasteiger partial charge in [-0.25, -0.2) is 4.68 Å². The minimum atomic E-state index is -0.190. The minimum Gasteiger partial charge on any atom is -0.472 e. The van der Waals surface area contributed by atoms with Gasteiger partial charge in [0.2, 0.25) is 0 Å². The lowest BCUT2D eigenvalue weighted by atomic mass is 10.1. The molecule has 1 saturated heterocycles. The second-order valence-corrected chi connectivity index (χ2v) is 7.95. The second kappa shape index (κ2) is 8.16. The highest BCUT2D eigenvalue weighted by atomic mass is 35.5. The van der Waals surface area contributed by atoms with Gasteiger partial charge in [-0.05, 0) is 23.8 Å². The van der Waals surface area contributed by atoms with Crippen LogP contribution in [0.4, 0.5) is 0 Å². The summed E-state index contributed by atoms with van der Waals surface area (Å²) in [4.78, 5) is 28.9. The van der Waals surface area contributed by atoms with Crippen LogP contribution >= 0.6 is 11.6 Å². The van der Waals surface area contributed by atoms with E-state index in [1.54, 1.807) is 20.5 Å². The maximum Gasteiger partial charge on any atom is 0.276 e. The molecule has 3 aromatic rings. The fraction of sp³-hybridized carbons (Fsp3) is 0.333. The topological polar surface area (TPSA) is 93.7 Å².